The molecule has 0 atom stereocenters. The minimum atomic E-state index is -0.180. The Labute approximate surface area is 149 Å². The van der Waals surface area contributed by atoms with Gasteiger partial charge in [-0.15, -0.1) is 0 Å². The number of rotatable bonds is 5. The van der Waals surface area contributed by atoms with E-state index in [2.05, 4.69) is 15.1 Å². The van der Waals surface area contributed by atoms with E-state index in [1.165, 1.54) is 11.0 Å². The van der Waals surface area contributed by atoms with Crippen LogP contribution in [0.3, 0.4) is 0 Å². The first-order valence-corrected chi connectivity index (χ1v) is 8.48. The molecule has 1 fully saturated rings. The molecule has 2 aromatic heterocycles. The third-order valence-corrected chi connectivity index (χ3v) is 4.34. The van der Waals surface area contributed by atoms with Crippen molar-refractivity contribution in [2.75, 3.05) is 7.05 Å². The Bertz CT molecular complexity index is 989. The quantitative estimate of drug-likeness (QED) is 0.763. The highest BCUT2D eigenvalue weighted by Gasteiger charge is 2.25. The van der Waals surface area contributed by atoms with Crippen LogP contribution in [0.25, 0.3) is 11.5 Å². The van der Waals surface area contributed by atoms with E-state index in [-0.39, 0.29) is 23.9 Å². The van der Waals surface area contributed by atoms with Gasteiger partial charge in [0.25, 0.3) is 11.8 Å². The lowest BCUT2D eigenvalue weighted by Crippen LogP contribution is -2.26. The van der Waals surface area contributed by atoms with Crippen LogP contribution in [0.1, 0.15) is 40.6 Å². The molecule has 1 amide bonds. The van der Waals surface area contributed by atoms with E-state index in [1.807, 2.05) is 24.3 Å². The van der Waals surface area contributed by atoms with Gasteiger partial charge in [0.2, 0.25) is 5.56 Å². The minimum absolute atomic E-state index is 0.121. The monoisotopic (exact) mass is 350 g/mol. The molecule has 1 N–H and O–H groups in total. The second-order valence-electron chi connectivity index (χ2n) is 6.51. The molecule has 26 heavy (non-hydrogen) atoms. The fourth-order valence-corrected chi connectivity index (χ4v) is 2.82. The Morgan fingerprint density at radius 3 is 2.77 bits per heavy atom. The summed E-state index contributed by atoms with van der Waals surface area (Å²) in [4.78, 5) is 33.0. The van der Waals surface area contributed by atoms with Gasteiger partial charge in [0.05, 0.1) is 6.54 Å². The molecule has 0 radical (unpaired) electrons. The Morgan fingerprint density at radius 1 is 1.27 bits per heavy atom. The first-order chi connectivity index (χ1) is 12.6. The maximum Gasteiger partial charge on any atom is 0.258 e. The lowest BCUT2D eigenvalue weighted by atomic mass is 10.2. The van der Waals surface area contributed by atoms with Crippen molar-refractivity contribution in [2.45, 2.75) is 25.3 Å². The molecule has 3 aromatic rings. The molecule has 1 aliphatic rings. The number of H-pyrrole nitrogens is 1. The van der Waals surface area contributed by atoms with Crippen molar-refractivity contribution in [3.05, 3.63) is 69.9 Å². The highest BCUT2D eigenvalue weighted by molar-refractivity contribution is 5.93. The summed E-state index contributed by atoms with van der Waals surface area (Å²) in [6.45, 7) is 0.218. The van der Waals surface area contributed by atoms with E-state index in [4.69, 9.17) is 4.52 Å². The lowest BCUT2D eigenvalue weighted by molar-refractivity contribution is 0.0780. The number of hydrogen-bond acceptors (Lipinski definition) is 5. The van der Waals surface area contributed by atoms with E-state index in [0.717, 1.165) is 18.5 Å². The van der Waals surface area contributed by atoms with E-state index >= 15 is 0 Å². The van der Waals surface area contributed by atoms with Gasteiger partial charge in [-0.05, 0) is 37.0 Å². The largest absolute Gasteiger partial charge is 0.334 e. The number of nitrogens with one attached hydrogen (secondary N) is 1. The molecule has 7 nitrogen and oxygen atoms in total. The third kappa shape index (κ3) is 3.42. The Balaban J connectivity index is 1.51. The van der Waals surface area contributed by atoms with E-state index in [9.17, 15) is 9.59 Å². The average molecular weight is 350 g/mol. The number of hydrogen-bond donors (Lipinski definition) is 1. The number of nitrogens with zero attached hydrogens (tertiary/aromatic N) is 3. The predicted octanol–water partition coefficient (Wildman–Crippen LogP) is 2.57. The van der Waals surface area contributed by atoms with Gasteiger partial charge >= 0.3 is 0 Å². The molecule has 7 heteroatoms. The molecule has 1 aromatic carbocycles. The Kier molecular flexibility index (Phi) is 4.12. The summed E-state index contributed by atoms with van der Waals surface area (Å²) in [6, 6.07) is 12.3. The fraction of sp³-hybridized carbons (Fsp3) is 0.263. The standard InChI is InChI=1S/C19H18N4O3/c1-23(19(25)13-5-3-2-4-6-13)11-16-21-18(26-22-16)14-9-15(12-7-8-12)20-17(24)10-14/h2-6,9-10,12H,7-8,11H2,1H3,(H,20,24). The zero-order chi connectivity index (χ0) is 18.1. The summed E-state index contributed by atoms with van der Waals surface area (Å²) in [5.41, 5.74) is 1.93. The number of carbonyl (C=O) groups is 1. The summed E-state index contributed by atoms with van der Waals surface area (Å²) >= 11 is 0. The van der Waals surface area contributed by atoms with E-state index in [1.54, 1.807) is 19.2 Å². The van der Waals surface area contributed by atoms with Gasteiger partial charge in [-0.3, -0.25) is 9.59 Å². The van der Waals surface area contributed by atoms with E-state index in [0.29, 0.717) is 22.9 Å². The fourth-order valence-electron chi connectivity index (χ4n) is 2.82. The van der Waals surface area contributed by atoms with Crippen LogP contribution in [-0.2, 0) is 6.54 Å². The molecule has 1 aliphatic carbocycles. The van der Waals surface area contributed by atoms with Crippen LogP contribution in [0.5, 0.6) is 0 Å². The predicted molar refractivity (Wildman–Crippen MR) is 94.6 cm³/mol. The molecule has 4 rings (SSSR count). The second-order valence-corrected chi connectivity index (χ2v) is 6.51. The van der Waals surface area contributed by atoms with Crippen LogP contribution in [0, 0.1) is 0 Å². The molecule has 0 aliphatic heterocycles. The van der Waals surface area contributed by atoms with Crippen molar-refractivity contribution < 1.29 is 9.32 Å². The van der Waals surface area contributed by atoms with Gasteiger partial charge in [0.15, 0.2) is 5.82 Å². The third-order valence-electron chi connectivity index (χ3n) is 4.34. The molecular formula is C19H18N4O3. The van der Waals surface area contributed by atoms with Crippen molar-refractivity contribution in [1.29, 1.82) is 0 Å². The van der Waals surface area contributed by atoms with Crippen LogP contribution in [0.15, 0.2) is 51.8 Å². The average Bonchev–Trinajstić information content (AvgIpc) is 3.41. The lowest BCUT2D eigenvalue weighted by Gasteiger charge is -2.14. The zero-order valence-electron chi connectivity index (χ0n) is 14.3. The highest BCUT2D eigenvalue weighted by atomic mass is 16.5. The first kappa shape index (κ1) is 16.3. The molecule has 0 spiro atoms. The number of amides is 1. The van der Waals surface area contributed by atoms with Crippen LogP contribution in [-0.4, -0.2) is 33.0 Å². The molecule has 2 heterocycles. The number of aromatic nitrogens is 3. The van der Waals surface area contributed by atoms with Gasteiger partial charge < -0.3 is 14.4 Å². The molecule has 0 bridgehead atoms. The summed E-state index contributed by atoms with van der Waals surface area (Å²) in [5, 5.41) is 3.94. The van der Waals surface area contributed by atoms with Gasteiger partial charge in [-0.25, -0.2) is 0 Å². The summed E-state index contributed by atoms with van der Waals surface area (Å²) < 4.78 is 5.30. The maximum absolute atomic E-state index is 12.4. The SMILES string of the molecule is CN(Cc1noc(-c2cc(C3CC3)[nH]c(=O)c2)n1)C(=O)c1ccccc1. The zero-order valence-corrected chi connectivity index (χ0v) is 14.3. The number of pyridine rings is 1. The number of aromatic amines is 1. The van der Waals surface area contributed by atoms with Gasteiger partial charge in [-0.2, -0.15) is 4.98 Å². The summed E-state index contributed by atoms with van der Waals surface area (Å²) in [6.07, 6.45) is 2.17. The molecule has 0 unspecified atom stereocenters. The maximum atomic E-state index is 12.4. The van der Waals surface area contributed by atoms with Gasteiger partial charge in [0, 0.05) is 29.9 Å². The van der Waals surface area contributed by atoms with Crippen molar-refractivity contribution in [3.63, 3.8) is 0 Å². The molecule has 132 valence electrons. The molecule has 0 saturated heterocycles. The van der Waals surface area contributed by atoms with Crippen LogP contribution < -0.4 is 5.56 Å². The normalized spacial score (nSPS) is 13.6. The summed E-state index contributed by atoms with van der Waals surface area (Å²) in [5.74, 6) is 0.970. The molecule has 1 saturated carbocycles. The van der Waals surface area contributed by atoms with Crippen LogP contribution in [0.4, 0.5) is 0 Å². The van der Waals surface area contributed by atoms with Crippen molar-refractivity contribution in [1.82, 2.24) is 20.0 Å². The molecular weight excluding hydrogens is 332 g/mol. The number of carbonyl (C=O) groups excluding carboxylic acids is 1. The van der Waals surface area contributed by atoms with Crippen molar-refractivity contribution in [2.24, 2.45) is 0 Å². The van der Waals surface area contributed by atoms with Crippen LogP contribution >= 0.6 is 0 Å². The minimum Gasteiger partial charge on any atom is -0.334 e. The van der Waals surface area contributed by atoms with Crippen molar-refractivity contribution >= 4 is 5.91 Å². The van der Waals surface area contributed by atoms with E-state index < -0.39 is 0 Å². The Morgan fingerprint density at radius 2 is 2.04 bits per heavy atom. The van der Waals surface area contributed by atoms with Crippen molar-refractivity contribution in [3.8, 4) is 11.5 Å². The topological polar surface area (TPSA) is 92.1 Å². The van der Waals surface area contributed by atoms with Gasteiger partial charge in [0.1, 0.15) is 0 Å². The smallest absolute Gasteiger partial charge is 0.258 e. The van der Waals surface area contributed by atoms with Gasteiger partial charge in [-0.1, -0.05) is 23.4 Å². The first-order valence-electron chi connectivity index (χ1n) is 8.48. The second kappa shape index (κ2) is 6.59. The van der Waals surface area contributed by atoms with Crippen LogP contribution in [0.2, 0.25) is 0 Å². The number of benzene rings is 1. The summed E-state index contributed by atoms with van der Waals surface area (Å²) in [7, 11) is 1.68. The highest BCUT2D eigenvalue weighted by Crippen LogP contribution is 2.39. The Hall–Kier alpha value is -3.22.